The van der Waals surface area contributed by atoms with E-state index in [9.17, 15) is 29.1 Å². The van der Waals surface area contributed by atoms with Crippen LogP contribution in [0.3, 0.4) is 0 Å². The number of primary amides is 1. The van der Waals surface area contributed by atoms with Crippen molar-refractivity contribution >= 4 is 46.4 Å². The molecule has 0 bridgehead atoms. The molecule has 0 saturated heterocycles. The molecule has 50 heavy (non-hydrogen) atoms. The molecule has 262 valence electrons. The van der Waals surface area contributed by atoms with Crippen LogP contribution in [0.2, 0.25) is 0 Å². The second-order valence-corrected chi connectivity index (χ2v) is 11.7. The van der Waals surface area contributed by atoms with Crippen molar-refractivity contribution in [1.29, 1.82) is 0 Å². The number of nitrogens with one attached hydrogen (secondary N) is 5. The van der Waals surface area contributed by atoms with Crippen molar-refractivity contribution in [3.63, 3.8) is 0 Å². The molecule has 12 N–H and O–H groups in total. The van der Waals surface area contributed by atoms with E-state index in [0.29, 0.717) is 5.56 Å². The predicted octanol–water partition coefficient (Wildman–Crippen LogP) is -0.381. The number of aliphatic imine (C=N–C) groups is 1. The van der Waals surface area contributed by atoms with Gasteiger partial charge in [0.25, 0.3) is 0 Å². The van der Waals surface area contributed by atoms with Crippen molar-refractivity contribution in [2.24, 2.45) is 22.2 Å². The van der Waals surface area contributed by atoms with Crippen LogP contribution in [0.5, 0.6) is 5.75 Å². The van der Waals surface area contributed by atoms with Crippen LogP contribution in [-0.4, -0.2) is 76.3 Å². The molecule has 0 fully saturated rings. The number of carbonyl (C=O) groups excluding carboxylic acids is 5. The quantitative estimate of drug-likeness (QED) is 0.0554. The van der Waals surface area contributed by atoms with Crippen LogP contribution < -0.4 is 38.5 Å². The number of aromatic nitrogens is 1. The topological polar surface area (TPSA) is 260 Å². The number of benzene rings is 3. The van der Waals surface area contributed by atoms with Gasteiger partial charge in [0.05, 0.1) is 6.54 Å². The van der Waals surface area contributed by atoms with Crippen molar-refractivity contribution in [2.75, 3.05) is 6.54 Å². The van der Waals surface area contributed by atoms with Crippen LogP contribution in [0.4, 0.5) is 0 Å². The molecule has 0 aliphatic heterocycles. The molecular weight excluding hydrogens is 642 g/mol. The van der Waals surface area contributed by atoms with Gasteiger partial charge in [0, 0.05) is 36.4 Å². The van der Waals surface area contributed by atoms with E-state index in [1.165, 1.54) is 19.1 Å². The normalized spacial score (nSPS) is 13.2. The molecule has 4 aromatic rings. The number of hydrogen-bond donors (Lipinski definition) is 9. The number of para-hydroxylation sites is 1. The molecule has 4 atom stereocenters. The maximum Gasteiger partial charge on any atom is 0.245 e. The lowest BCUT2D eigenvalue weighted by atomic mass is 10.0. The molecule has 0 unspecified atom stereocenters. The molecule has 0 spiro atoms. The van der Waals surface area contributed by atoms with Crippen LogP contribution in [0.1, 0.15) is 23.6 Å². The molecule has 4 rings (SSSR count). The third-order valence-corrected chi connectivity index (χ3v) is 7.84. The number of carbonyl (C=O) groups is 5. The average Bonchev–Trinajstić information content (AvgIpc) is 3.50. The molecule has 0 aliphatic carbocycles. The SMILES string of the molecule is C[C@H](NC(=O)[C@H](Cc1ccc(O)cc1)N=C(N)N)C(=O)NCC(=O)N[C@@H](Cc1c[nH]c2ccccc12)C(=O)N[C@@H](Cc1ccccc1)C(N)=O. The lowest BCUT2D eigenvalue weighted by Gasteiger charge is -2.22. The first-order chi connectivity index (χ1) is 23.9. The van der Waals surface area contributed by atoms with Crippen LogP contribution in [0, 0.1) is 0 Å². The number of H-pyrrole nitrogens is 1. The molecule has 5 amide bonds. The van der Waals surface area contributed by atoms with E-state index >= 15 is 0 Å². The fourth-order valence-corrected chi connectivity index (χ4v) is 5.25. The van der Waals surface area contributed by atoms with Gasteiger partial charge in [-0.15, -0.1) is 0 Å². The minimum Gasteiger partial charge on any atom is -0.508 e. The van der Waals surface area contributed by atoms with Crippen molar-refractivity contribution in [3.05, 3.63) is 102 Å². The first-order valence-electron chi connectivity index (χ1n) is 15.8. The first kappa shape index (κ1) is 36.5. The summed E-state index contributed by atoms with van der Waals surface area (Å²) in [5.41, 5.74) is 19.7. The number of rotatable bonds is 16. The van der Waals surface area contributed by atoms with Gasteiger partial charge in [0.15, 0.2) is 5.96 Å². The van der Waals surface area contributed by atoms with Gasteiger partial charge in [-0.3, -0.25) is 24.0 Å². The van der Waals surface area contributed by atoms with Crippen LogP contribution in [0.25, 0.3) is 10.9 Å². The Morgan fingerprint density at radius 2 is 1.40 bits per heavy atom. The molecular formula is C35H41N9O6. The highest BCUT2D eigenvalue weighted by Crippen LogP contribution is 2.19. The summed E-state index contributed by atoms with van der Waals surface area (Å²) in [6.07, 6.45) is 2.03. The number of nitrogens with two attached hydrogens (primary N) is 3. The van der Waals surface area contributed by atoms with Crippen molar-refractivity contribution in [2.45, 2.75) is 50.4 Å². The maximum atomic E-state index is 13.6. The fraction of sp³-hybridized carbons (Fsp3) is 0.257. The number of phenols is 1. The predicted molar refractivity (Wildman–Crippen MR) is 187 cm³/mol. The van der Waals surface area contributed by atoms with Gasteiger partial charge in [-0.25, -0.2) is 4.99 Å². The zero-order valence-corrected chi connectivity index (χ0v) is 27.4. The average molecular weight is 684 g/mol. The van der Waals surface area contributed by atoms with Gasteiger partial charge in [-0.2, -0.15) is 0 Å². The number of nitrogens with zero attached hydrogens (tertiary/aromatic N) is 1. The van der Waals surface area contributed by atoms with E-state index in [2.05, 4.69) is 31.2 Å². The monoisotopic (exact) mass is 683 g/mol. The van der Waals surface area contributed by atoms with Crippen molar-refractivity contribution in [3.8, 4) is 5.75 Å². The molecule has 1 heterocycles. The second-order valence-electron chi connectivity index (χ2n) is 11.7. The number of hydrogen-bond acceptors (Lipinski definition) is 7. The smallest absolute Gasteiger partial charge is 0.245 e. The minimum absolute atomic E-state index is 0.0498. The number of fused-ring (bicyclic) bond motifs is 1. The highest BCUT2D eigenvalue weighted by atomic mass is 16.3. The van der Waals surface area contributed by atoms with Crippen LogP contribution in [0.15, 0.2) is 90.1 Å². The molecule has 0 radical (unpaired) electrons. The number of guanidine groups is 1. The number of aromatic hydroxyl groups is 1. The summed E-state index contributed by atoms with van der Waals surface area (Å²) in [5.74, 6) is -3.69. The van der Waals surface area contributed by atoms with E-state index in [-0.39, 0.29) is 31.0 Å². The Hall–Kier alpha value is -6.38. The zero-order chi connectivity index (χ0) is 36.2. The third kappa shape index (κ3) is 10.6. The lowest BCUT2D eigenvalue weighted by Crippen LogP contribution is -2.56. The summed E-state index contributed by atoms with van der Waals surface area (Å²) in [6.45, 7) is 0.896. The highest BCUT2D eigenvalue weighted by molar-refractivity contribution is 5.95. The fourth-order valence-electron chi connectivity index (χ4n) is 5.25. The van der Waals surface area contributed by atoms with E-state index in [4.69, 9.17) is 17.2 Å². The minimum atomic E-state index is -1.14. The van der Waals surface area contributed by atoms with E-state index in [1.54, 1.807) is 42.6 Å². The molecule has 1 aromatic heterocycles. The summed E-state index contributed by atoms with van der Waals surface area (Å²) in [7, 11) is 0. The Morgan fingerprint density at radius 3 is 2.08 bits per heavy atom. The summed E-state index contributed by atoms with van der Waals surface area (Å²) < 4.78 is 0. The third-order valence-electron chi connectivity index (χ3n) is 7.84. The Labute approximate surface area is 288 Å². The molecule has 0 aliphatic rings. The number of aromatic amines is 1. The van der Waals surface area contributed by atoms with E-state index in [1.807, 2.05) is 30.3 Å². The Kier molecular flexibility index (Phi) is 12.5. The molecule has 15 heteroatoms. The summed E-state index contributed by atoms with van der Waals surface area (Å²) in [6, 6.07) is 18.3. The standard InChI is InChI=1S/C35H41N9O6/c1-20(41-33(49)28(44-35(37)38)16-22-11-13-24(45)14-12-22)32(48)40-19-30(46)42-29(17-23-18-39-26-10-6-5-9-25(23)26)34(50)43-27(31(36)47)15-21-7-3-2-4-8-21/h2-14,18,20,27-29,39,45H,15-17,19H2,1H3,(H2,36,47)(H,40,48)(H,41,49)(H,42,46)(H,43,50)(H4,37,38,44)/t20-,27-,28-,29-/m0/s1. The Balaban J connectivity index is 1.40. The van der Waals surface area contributed by atoms with Gasteiger partial charge in [0.2, 0.25) is 29.5 Å². The van der Waals surface area contributed by atoms with E-state index in [0.717, 1.165) is 22.0 Å². The summed E-state index contributed by atoms with van der Waals surface area (Å²) >= 11 is 0. The summed E-state index contributed by atoms with van der Waals surface area (Å²) in [5, 5.41) is 20.7. The van der Waals surface area contributed by atoms with Gasteiger partial charge in [-0.05, 0) is 41.8 Å². The van der Waals surface area contributed by atoms with Crippen LogP contribution in [-0.2, 0) is 43.2 Å². The van der Waals surface area contributed by atoms with Gasteiger partial charge < -0.3 is 48.6 Å². The largest absolute Gasteiger partial charge is 0.508 e. The number of phenolic OH excluding ortho intramolecular Hbond substituents is 1. The van der Waals surface area contributed by atoms with Gasteiger partial charge in [0.1, 0.15) is 29.9 Å². The maximum absolute atomic E-state index is 13.6. The van der Waals surface area contributed by atoms with Crippen molar-refractivity contribution < 1.29 is 29.1 Å². The summed E-state index contributed by atoms with van der Waals surface area (Å²) in [4.78, 5) is 72.0. The number of amides is 5. The molecule has 0 saturated carbocycles. The van der Waals surface area contributed by atoms with Gasteiger partial charge >= 0.3 is 0 Å². The first-order valence-corrected chi connectivity index (χ1v) is 15.8. The molecule has 3 aromatic carbocycles. The Morgan fingerprint density at radius 1 is 0.740 bits per heavy atom. The van der Waals surface area contributed by atoms with Crippen LogP contribution >= 0.6 is 0 Å². The second kappa shape index (κ2) is 17.1. The highest BCUT2D eigenvalue weighted by Gasteiger charge is 2.28. The van der Waals surface area contributed by atoms with Gasteiger partial charge in [-0.1, -0.05) is 60.7 Å². The molecule has 15 nitrogen and oxygen atoms in total. The lowest BCUT2D eigenvalue weighted by molar-refractivity contribution is -0.132. The Bertz CT molecular complexity index is 1840. The van der Waals surface area contributed by atoms with Crippen molar-refractivity contribution in [1.82, 2.24) is 26.3 Å². The van der Waals surface area contributed by atoms with E-state index < -0.39 is 60.2 Å². The zero-order valence-electron chi connectivity index (χ0n) is 27.4.